The molecule has 2 aromatic heterocycles. The van der Waals surface area contributed by atoms with Gasteiger partial charge in [0.1, 0.15) is 28.6 Å². The van der Waals surface area contributed by atoms with Gasteiger partial charge in [-0.2, -0.15) is 5.10 Å². The minimum Gasteiger partial charge on any atom is -0.457 e. The van der Waals surface area contributed by atoms with Crippen LogP contribution in [0.5, 0.6) is 11.5 Å². The number of para-hydroxylation sites is 1. The molecule has 160 valence electrons. The van der Waals surface area contributed by atoms with E-state index in [0.717, 1.165) is 5.75 Å². The lowest BCUT2D eigenvalue weighted by atomic mass is 10.1. The van der Waals surface area contributed by atoms with Gasteiger partial charge in [0.2, 0.25) is 0 Å². The Morgan fingerprint density at radius 2 is 1.75 bits per heavy atom. The van der Waals surface area contributed by atoms with Gasteiger partial charge in [0.05, 0.1) is 5.69 Å². The predicted molar refractivity (Wildman–Crippen MR) is 122 cm³/mol. The minimum atomic E-state index is -0.623. The summed E-state index contributed by atoms with van der Waals surface area (Å²) in [6.07, 6.45) is 4.41. The summed E-state index contributed by atoms with van der Waals surface area (Å²) in [4.78, 5) is 24.2. The molecule has 0 spiro atoms. The molecule has 3 N–H and O–H groups in total. The number of hydrogen-bond acceptors (Lipinski definition) is 5. The van der Waals surface area contributed by atoms with E-state index in [1.165, 1.54) is 15.3 Å². The van der Waals surface area contributed by atoms with E-state index in [1.807, 2.05) is 42.5 Å². The molecule has 2 heterocycles. The predicted octanol–water partition coefficient (Wildman–Crippen LogP) is 4.10. The van der Waals surface area contributed by atoms with Crippen LogP contribution in [0.2, 0.25) is 0 Å². The van der Waals surface area contributed by atoms with Gasteiger partial charge in [-0.25, -0.2) is 4.68 Å². The summed E-state index contributed by atoms with van der Waals surface area (Å²) in [5.41, 5.74) is 7.63. The molecule has 1 amide bonds. The third-order valence-electron chi connectivity index (χ3n) is 4.83. The highest BCUT2D eigenvalue weighted by molar-refractivity contribution is 6.04. The summed E-state index contributed by atoms with van der Waals surface area (Å²) in [6.45, 7) is 3.49. The number of ether oxygens (including phenoxy) is 1. The Morgan fingerprint density at radius 3 is 2.38 bits per heavy atom. The number of carbonyl (C=O) groups is 2. The number of benzene rings is 2. The number of nitrogens with zero attached hydrogens (tertiary/aromatic N) is 3. The number of aromatic nitrogens is 3. The smallest absolute Gasteiger partial charge is 0.254 e. The second-order valence-electron chi connectivity index (χ2n) is 6.86. The molecule has 2 aromatic carbocycles. The average molecular weight is 427 g/mol. The van der Waals surface area contributed by atoms with E-state index < -0.39 is 5.91 Å². The van der Waals surface area contributed by atoms with Crippen molar-refractivity contribution in [3.05, 3.63) is 91.3 Å². The Bertz CT molecular complexity index is 1290. The molecular weight excluding hydrogens is 406 g/mol. The molecule has 8 nitrogen and oxygen atoms in total. The molecule has 0 aliphatic rings. The number of primary amides is 1. The maximum Gasteiger partial charge on any atom is 0.254 e. The Morgan fingerprint density at radius 1 is 1.06 bits per heavy atom. The van der Waals surface area contributed by atoms with Gasteiger partial charge in [-0.15, -0.1) is 0 Å². The highest BCUT2D eigenvalue weighted by Gasteiger charge is 2.24. The first-order valence-electron chi connectivity index (χ1n) is 9.81. The lowest BCUT2D eigenvalue weighted by molar-refractivity contribution is 0.0967. The molecule has 4 rings (SSSR count). The van der Waals surface area contributed by atoms with Crippen molar-refractivity contribution in [2.45, 2.75) is 0 Å². The number of carbonyl (C=O) groups excluding carboxylic acids is 2. The summed E-state index contributed by atoms with van der Waals surface area (Å²) in [5.74, 6) is 0.883. The quantitative estimate of drug-likeness (QED) is 0.432. The minimum absolute atomic E-state index is 0.243. The Labute approximate surface area is 184 Å². The van der Waals surface area contributed by atoms with Crippen molar-refractivity contribution in [3.8, 4) is 28.4 Å². The molecule has 0 saturated carbocycles. The van der Waals surface area contributed by atoms with Crippen molar-refractivity contribution < 1.29 is 14.3 Å². The number of hydrogen-bond donors (Lipinski definition) is 2. The van der Waals surface area contributed by atoms with Gasteiger partial charge in [-0.05, 0) is 48.5 Å². The first-order valence-corrected chi connectivity index (χ1v) is 9.81. The van der Waals surface area contributed by atoms with E-state index in [2.05, 4.69) is 17.0 Å². The Hall–Kier alpha value is -4.59. The zero-order chi connectivity index (χ0) is 22.7. The fraction of sp³-hybridized carbons (Fsp3) is 0.0417. The van der Waals surface area contributed by atoms with Crippen LogP contribution in [0, 0.1) is 0 Å². The van der Waals surface area contributed by atoms with Gasteiger partial charge < -0.3 is 15.8 Å². The number of nitrogens with one attached hydrogen (secondary N) is 1. The van der Waals surface area contributed by atoms with Crippen LogP contribution in [-0.4, -0.2) is 33.2 Å². The highest BCUT2D eigenvalue weighted by Crippen LogP contribution is 2.32. The summed E-state index contributed by atoms with van der Waals surface area (Å²) < 4.78 is 8.75. The second-order valence-corrected chi connectivity index (χ2v) is 6.86. The zero-order valence-electron chi connectivity index (χ0n) is 17.4. The average Bonchev–Trinajstić information content (AvgIpc) is 3.44. The van der Waals surface area contributed by atoms with E-state index in [1.54, 1.807) is 37.6 Å². The SMILES string of the molecule is C=CC(=O)n1ccc(-n2nc(-c3ccc(Oc4ccccc4)cc3)c(C(N)=O)c2NC)c1. The molecule has 8 heteroatoms. The van der Waals surface area contributed by atoms with Crippen LogP contribution < -0.4 is 15.8 Å². The summed E-state index contributed by atoms with van der Waals surface area (Å²) in [5, 5.41) is 7.61. The van der Waals surface area contributed by atoms with Crippen LogP contribution in [0.4, 0.5) is 5.82 Å². The maximum absolute atomic E-state index is 12.3. The molecule has 0 atom stereocenters. The van der Waals surface area contributed by atoms with Gasteiger partial charge in [0, 0.05) is 25.0 Å². The van der Waals surface area contributed by atoms with Gasteiger partial charge >= 0.3 is 0 Å². The first kappa shape index (κ1) is 20.7. The molecule has 0 saturated heterocycles. The number of anilines is 1. The van der Waals surface area contributed by atoms with Crippen LogP contribution in [-0.2, 0) is 0 Å². The second kappa shape index (κ2) is 8.65. The van der Waals surface area contributed by atoms with Gasteiger partial charge in [-0.3, -0.25) is 14.2 Å². The molecule has 0 fully saturated rings. The molecule has 0 bridgehead atoms. The molecular formula is C24H21N5O3. The fourth-order valence-corrected chi connectivity index (χ4v) is 3.33. The van der Waals surface area contributed by atoms with Gasteiger partial charge in [0.15, 0.2) is 0 Å². The number of nitrogens with two attached hydrogens (primary N) is 1. The third kappa shape index (κ3) is 3.89. The van der Waals surface area contributed by atoms with Crippen molar-refractivity contribution >= 4 is 17.6 Å². The topological polar surface area (TPSA) is 104 Å². The largest absolute Gasteiger partial charge is 0.457 e. The monoisotopic (exact) mass is 427 g/mol. The van der Waals surface area contributed by atoms with E-state index in [4.69, 9.17) is 10.5 Å². The van der Waals surface area contributed by atoms with E-state index >= 15 is 0 Å². The lowest BCUT2D eigenvalue weighted by Gasteiger charge is -2.06. The number of rotatable bonds is 7. The zero-order valence-corrected chi connectivity index (χ0v) is 17.4. The highest BCUT2D eigenvalue weighted by atomic mass is 16.5. The number of allylic oxidation sites excluding steroid dienone is 1. The summed E-state index contributed by atoms with van der Waals surface area (Å²) in [6, 6.07) is 18.3. The summed E-state index contributed by atoms with van der Waals surface area (Å²) in [7, 11) is 1.67. The molecule has 0 aliphatic carbocycles. The lowest BCUT2D eigenvalue weighted by Crippen LogP contribution is -2.14. The van der Waals surface area contributed by atoms with Crippen LogP contribution in [0.3, 0.4) is 0 Å². The normalized spacial score (nSPS) is 10.5. The van der Waals surface area contributed by atoms with Crippen molar-refractivity contribution in [2.75, 3.05) is 12.4 Å². The van der Waals surface area contributed by atoms with Gasteiger partial charge in [0.25, 0.3) is 11.8 Å². The van der Waals surface area contributed by atoms with Crippen LogP contribution >= 0.6 is 0 Å². The van der Waals surface area contributed by atoms with Crippen molar-refractivity contribution in [2.24, 2.45) is 5.73 Å². The Balaban J connectivity index is 1.74. The van der Waals surface area contributed by atoms with Crippen molar-refractivity contribution in [1.82, 2.24) is 14.3 Å². The van der Waals surface area contributed by atoms with Crippen LogP contribution in [0.15, 0.2) is 85.7 Å². The van der Waals surface area contributed by atoms with E-state index in [0.29, 0.717) is 28.5 Å². The van der Waals surface area contributed by atoms with E-state index in [-0.39, 0.29) is 11.5 Å². The van der Waals surface area contributed by atoms with Crippen LogP contribution in [0.25, 0.3) is 16.9 Å². The van der Waals surface area contributed by atoms with Crippen molar-refractivity contribution in [3.63, 3.8) is 0 Å². The number of amides is 1. The summed E-state index contributed by atoms with van der Waals surface area (Å²) >= 11 is 0. The third-order valence-corrected chi connectivity index (χ3v) is 4.83. The van der Waals surface area contributed by atoms with Crippen LogP contribution in [0.1, 0.15) is 15.2 Å². The standard InChI is InChI=1S/C24H21N5O3/c1-3-20(30)28-14-13-17(15-28)29-24(26-2)21(23(25)31)22(27-29)16-9-11-19(12-10-16)32-18-7-5-4-6-8-18/h3-15,26H,1H2,2H3,(H2,25,31). The van der Waals surface area contributed by atoms with E-state index in [9.17, 15) is 9.59 Å². The molecule has 4 aromatic rings. The van der Waals surface area contributed by atoms with Crippen molar-refractivity contribution in [1.29, 1.82) is 0 Å². The fourth-order valence-electron chi connectivity index (χ4n) is 3.33. The Kier molecular flexibility index (Phi) is 5.59. The maximum atomic E-state index is 12.3. The molecule has 32 heavy (non-hydrogen) atoms. The molecule has 0 aliphatic heterocycles. The molecule has 0 unspecified atom stereocenters. The first-order chi connectivity index (χ1) is 15.5. The molecule has 0 radical (unpaired) electrons. The van der Waals surface area contributed by atoms with Gasteiger partial charge in [-0.1, -0.05) is 24.8 Å².